The summed E-state index contributed by atoms with van der Waals surface area (Å²) in [5.41, 5.74) is 2.11. The predicted molar refractivity (Wildman–Crippen MR) is 159 cm³/mol. The third kappa shape index (κ3) is 7.03. The van der Waals surface area contributed by atoms with E-state index in [0.29, 0.717) is 47.7 Å². The number of ether oxygens (including phenoxy) is 2. The Bertz CT molecular complexity index is 1670. The number of methoxy groups -OCH3 is 1. The van der Waals surface area contributed by atoms with E-state index in [1.807, 2.05) is 6.92 Å². The van der Waals surface area contributed by atoms with Crippen LogP contribution in [0.3, 0.4) is 0 Å². The quantitative estimate of drug-likeness (QED) is 0.211. The molecule has 4 N–H and O–H groups in total. The molecular weight excluding hydrogens is 595 g/mol. The number of imidazole rings is 1. The lowest BCUT2D eigenvalue weighted by Crippen LogP contribution is -2.30. The molecule has 3 heterocycles. The van der Waals surface area contributed by atoms with Crippen LogP contribution in [0.1, 0.15) is 48.5 Å². The van der Waals surface area contributed by atoms with Crippen LogP contribution in [-0.4, -0.2) is 63.2 Å². The summed E-state index contributed by atoms with van der Waals surface area (Å²) in [5.74, 6) is -1.26. The van der Waals surface area contributed by atoms with Gasteiger partial charge in [0.05, 0.1) is 41.4 Å². The van der Waals surface area contributed by atoms with Gasteiger partial charge in [-0.1, -0.05) is 36.2 Å². The average molecular weight is 625 g/mol. The molecule has 4 aromatic rings. The largest absolute Gasteiger partial charge is 0.447 e. The van der Waals surface area contributed by atoms with Crippen molar-refractivity contribution in [2.75, 3.05) is 31.0 Å². The molecule has 230 valence electrons. The van der Waals surface area contributed by atoms with Crippen LogP contribution in [0.5, 0.6) is 0 Å². The van der Waals surface area contributed by atoms with Crippen LogP contribution < -0.4 is 16.0 Å². The van der Waals surface area contributed by atoms with Gasteiger partial charge in [0.1, 0.15) is 18.1 Å². The van der Waals surface area contributed by atoms with Crippen molar-refractivity contribution in [3.05, 3.63) is 71.2 Å². The highest BCUT2D eigenvalue weighted by Gasteiger charge is 2.25. The summed E-state index contributed by atoms with van der Waals surface area (Å²) in [7, 11) is 1.50. The van der Waals surface area contributed by atoms with Crippen molar-refractivity contribution in [3.63, 3.8) is 0 Å². The lowest BCUT2D eigenvalue weighted by molar-refractivity contribution is -0.119. The number of anilines is 2. The van der Waals surface area contributed by atoms with E-state index in [1.165, 1.54) is 25.4 Å². The molecule has 1 aliphatic heterocycles. The Balaban J connectivity index is 1.38. The van der Waals surface area contributed by atoms with Gasteiger partial charge in [-0.25, -0.2) is 18.9 Å². The van der Waals surface area contributed by atoms with Crippen molar-refractivity contribution in [1.29, 1.82) is 0 Å². The fraction of sp³-hybridized carbons (Fsp3) is 0.310. The Hall–Kier alpha value is -4.82. The number of aromatic amines is 1. The lowest BCUT2D eigenvalue weighted by atomic mass is 9.99. The van der Waals surface area contributed by atoms with Gasteiger partial charge >= 0.3 is 6.09 Å². The van der Waals surface area contributed by atoms with Gasteiger partial charge in [0.2, 0.25) is 5.91 Å². The Morgan fingerprint density at radius 2 is 2.05 bits per heavy atom. The fourth-order valence-electron chi connectivity index (χ4n) is 4.66. The number of carbonyl (C=O) groups excluding carboxylic acids is 3. The Morgan fingerprint density at radius 3 is 2.86 bits per heavy atom. The van der Waals surface area contributed by atoms with Gasteiger partial charge in [0.15, 0.2) is 11.5 Å². The molecule has 0 saturated heterocycles. The second-order valence-corrected chi connectivity index (χ2v) is 10.6. The van der Waals surface area contributed by atoms with Crippen LogP contribution in [0.2, 0.25) is 5.02 Å². The second kappa shape index (κ2) is 13.7. The first-order valence-corrected chi connectivity index (χ1v) is 14.2. The molecule has 0 radical (unpaired) electrons. The zero-order chi connectivity index (χ0) is 31.2. The summed E-state index contributed by atoms with van der Waals surface area (Å²) in [5, 5.41) is 16.3. The molecule has 2 unspecified atom stereocenters. The number of carbonyl (C=O) groups is 3. The van der Waals surface area contributed by atoms with E-state index in [2.05, 4.69) is 36.2 Å². The third-order valence-electron chi connectivity index (χ3n) is 7.05. The van der Waals surface area contributed by atoms with Crippen LogP contribution in [0, 0.1) is 11.7 Å². The van der Waals surface area contributed by atoms with Gasteiger partial charge in [-0.2, -0.15) is 0 Å². The molecule has 5 rings (SSSR count). The third-order valence-corrected chi connectivity index (χ3v) is 7.34. The maximum Gasteiger partial charge on any atom is 0.411 e. The molecule has 2 bridgehead atoms. The number of halogens is 2. The van der Waals surface area contributed by atoms with Gasteiger partial charge in [-0.3, -0.25) is 14.9 Å². The Labute approximate surface area is 256 Å². The molecule has 0 spiro atoms. The monoisotopic (exact) mass is 624 g/mol. The number of fused-ring (bicyclic) bond motifs is 4. The summed E-state index contributed by atoms with van der Waals surface area (Å²) >= 11 is 5.88. The van der Waals surface area contributed by atoms with E-state index in [1.54, 1.807) is 30.5 Å². The molecule has 15 heteroatoms. The average Bonchev–Trinajstić information content (AvgIpc) is 3.69. The number of hydrogen-bond donors (Lipinski definition) is 4. The van der Waals surface area contributed by atoms with Crippen molar-refractivity contribution in [2.45, 2.75) is 32.2 Å². The molecule has 3 amide bonds. The van der Waals surface area contributed by atoms with E-state index in [0.717, 1.165) is 4.68 Å². The normalized spacial score (nSPS) is 16.6. The van der Waals surface area contributed by atoms with Crippen molar-refractivity contribution < 1.29 is 28.2 Å². The molecule has 0 fully saturated rings. The van der Waals surface area contributed by atoms with Gasteiger partial charge in [-0.15, -0.1) is 5.10 Å². The Kier molecular flexibility index (Phi) is 9.50. The smallest absolute Gasteiger partial charge is 0.411 e. The summed E-state index contributed by atoms with van der Waals surface area (Å²) in [6, 6.07) is 8.93. The first kappa shape index (κ1) is 30.6. The van der Waals surface area contributed by atoms with Gasteiger partial charge in [-0.05, 0) is 43.2 Å². The highest BCUT2D eigenvalue weighted by Crippen LogP contribution is 2.33. The molecule has 2 aromatic carbocycles. The Morgan fingerprint density at radius 1 is 1.20 bits per heavy atom. The predicted octanol–water partition coefficient (Wildman–Crippen LogP) is 4.87. The van der Waals surface area contributed by atoms with Crippen molar-refractivity contribution in [2.24, 2.45) is 5.92 Å². The zero-order valence-electron chi connectivity index (χ0n) is 23.9. The molecule has 0 saturated carbocycles. The zero-order valence-corrected chi connectivity index (χ0v) is 24.7. The minimum Gasteiger partial charge on any atom is -0.447 e. The van der Waals surface area contributed by atoms with E-state index < -0.39 is 23.9 Å². The SMILES string of the molecule is COCCOC(=O)Nc1ccc2c(c1)NC(=O)C(C)CCCC(NC(=O)c1cn(-c3cccc(Cl)c3F)nn1)c1ncc-2[nH]1. The number of hydrogen-bond acceptors (Lipinski definition) is 8. The van der Waals surface area contributed by atoms with Gasteiger partial charge < -0.3 is 25.1 Å². The standard InChI is InChI=1S/C29H30ClFN8O5/c1-16-5-3-7-20(35-28(41)23-15-39(38-37-23)24-8-4-6-19(30)25(24)31)26-32-14-22(34-26)18-10-9-17(13-21(18)36-27(16)40)33-29(42)44-12-11-43-2/h4,6,8-10,13-16,20H,3,5,7,11-12H2,1-2H3,(H,32,34)(H,33,42)(H,35,41)(H,36,40). The van der Waals surface area contributed by atoms with Crippen molar-refractivity contribution in [3.8, 4) is 16.9 Å². The van der Waals surface area contributed by atoms with Crippen LogP contribution in [0.25, 0.3) is 16.9 Å². The van der Waals surface area contributed by atoms with Crippen LogP contribution in [0.15, 0.2) is 48.8 Å². The van der Waals surface area contributed by atoms with Gasteiger partial charge in [0, 0.05) is 24.3 Å². The molecule has 0 aliphatic carbocycles. The highest BCUT2D eigenvalue weighted by molar-refractivity contribution is 6.30. The summed E-state index contributed by atoms with van der Waals surface area (Å²) in [6.07, 6.45) is 3.87. The molecule has 2 atom stereocenters. The maximum absolute atomic E-state index is 14.5. The number of nitrogens with one attached hydrogen (secondary N) is 4. The van der Waals surface area contributed by atoms with Crippen LogP contribution in [0.4, 0.5) is 20.6 Å². The van der Waals surface area contributed by atoms with Crippen LogP contribution >= 0.6 is 11.6 Å². The highest BCUT2D eigenvalue weighted by atomic mass is 35.5. The molecule has 1 aliphatic rings. The number of benzene rings is 2. The fourth-order valence-corrected chi connectivity index (χ4v) is 4.83. The number of aromatic nitrogens is 5. The summed E-state index contributed by atoms with van der Waals surface area (Å²) < 4.78 is 25.6. The second-order valence-electron chi connectivity index (χ2n) is 10.2. The van der Waals surface area contributed by atoms with E-state index in [4.69, 9.17) is 21.1 Å². The van der Waals surface area contributed by atoms with Gasteiger partial charge in [0.25, 0.3) is 5.91 Å². The van der Waals surface area contributed by atoms with E-state index >= 15 is 0 Å². The number of nitrogens with zero attached hydrogens (tertiary/aromatic N) is 4. The number of H-pyrrole nitrogens is 1. The first-order valence-electron chi connectivity index (χ1n) is 13.8. The summed E-state index contributed by atoms with van der Waals surface area (Å²) in [4.78, 5) is 46.2. The lowest BCUT2D eigenvalue weighted by Gasteiger charge is -2.20. The van der Waals surface area contributed by atoms with Crippen LogP contribution in [-0.2, 0) is 14.3 Å². The molecule has 44 heavy (non-hydrogen) atoms. The molecule has 2 aromatic heterocycles. The van der Waals surface area contributed by atoms with Crippen molar-refractivity contribution >= 4 is 40.9 Å². The van der Waals surface area contributed by atoms with E-state index in [9.17, 15) is 18.8 Å². The minimum atomic E-state index is -0.684. The summed E-state index contributed by atoms with van der Waals surface area (Å²) in [6.45, 7) is 2.17. The number of amides is 3. The topological polar surface area (TPSA) is 165 Å². The number of rotatable bonds is 7. The first-order chi connectivity index (χ1) is 21.2. The van der Waals surface area contributed by atoms with E-state index in [-0.39, 0.29) is 41.4 Å². The minimum absolute atomic E-state index is 0.0267. The molecular formula is C29H30ClFN8O5. The maximum atomic E-state index is 14.5. The molecule has 13 nitrogen and oxygen atoms in total. The van der Waals surface area contributed by atoms with Crippen molar-refractivity contribution in [1.82, 2.24) is 30.3 Å².